The summed E-state index contributed by atoms with van der Waals surface area (Å²) < 4.78 is 45.1. The molecule has 114 valence electrons. The van der Waals surface area contributed by atoms with Gasteiger partial charge in [0.25, 0.3) is 5.91 Å². The smallest absolute Gasteiger partial charge is 0.251 e. The van der Waals surface area contributed by atoms with Crippen LogP contribution in [-0.4, -0.2) is 34.5 Å². The van der Waals surface area contributed by atoms with Gasteiger partial charge >= 0.3 is 0 Å². The lowest BCUT2D eigenvalue weighted by atomic mass is 10.2. The zero-order valence-corrected chi connectivity index (χ0v) is 12.9. The highest BCUT2D eigenvalue weighted by Gasteiger charge is 2.24. The van der Waals surface area contributed by atoms with Crippen molar-refractivity contribution in [1.82, 2.24) is 5.32 Å². The molecule has 1 aromatic carbocycles. The predicted octanol–water partition coefficient (Wildman–Crippen LogP) is 0.0279. The summed E-state index contributed by atoms with van der Waals surface area (Å²) in [5.41, 5.74) is -0.0239. The first-order valence-corrected chi connectivity index (χ1v) is 9.26. The molecule has 0 bridgehead atoms. The lowest BCUT2D eigenvalue weighted by molar-refractivity contribution is 0.0947. The first-order valence-electron chi connectivity index (χ1n) is 5.62. The number of carbonyl (C=O) groups excluding carboxylic acids is 1. The summed E-state index contributed by atoms with van der Waals surface area (Å²) in [5.74, 6) is -0.879. The van der Waals surface area contributed by atoms with Crippen LogP contribution in [-0.2, 0) is 19.9 Å². The van der Waals surface area contributed by atoms with Gasteiger partial charge < -0.3 is 5.32 Å². The number of nitrogens with two attached hydrogens (primary N) is 1. The third-order valence-electron chi connectivity index (χ3n) is 2.71. The maximum Gasteiger partial charge on any atom is 0.251 e. The molecule has 1 unspecified atom stereocenters. The Morgan fingerprint density at radius 3 is 2.52 bits per heavy atom. The van der Waals surface area contributed by atoms with Crippen LogP contribution in [0, 0.1) is 0 Å². The fraction of sp³-hybridized carbons (Fsp3) is 0.182. The highest BCUT2D eigenvalue weighted by Crippen LogP contribution is 2.18. The molecule has 0 aliphatic carbocycles. The summed E-state index contributed by atoms with van der Waals surface area (Å²) in [6.45, 7) is 0. The van der Waals surface area contributed by atoms with E-state index in [2.05, 4.69) is 5.32 Å². The lowest BCUT2D eigenvalue weighted by Gasteiger charge is -2.11. The number of primary sulfonamides is 1. The van der Waals surface area contributed by atoms with Gasteiger partial charge in [0.15, 0.2) is 9.84 Å². The summed E-state index contributed by atoms with van der Waals surface area (Å²) in [6.07, 6.45) is 1.35. The van der Waals surface area contributed by atoms with E-state index >= 15 is 0 Å². The molecule has 1 amide bonds. The second-order valence-corrected chi connectivity index (χ2v) is 8.39. The standard InChI is InChI=1S/C11H11ClN2O5S2/c12-8-3-7(4-10(5-8)21(13,18)19)11(15)14-9-1-2-20(16,17)6-9/h1-5,9H,6H2,(H,14,15)(H2,13,18,19). The van der Waals surface area contributed by atoms with Gasteiger partial charge in [-0.1, -0.05) is 11.6 Å². The molecule has 0 aromatic heterocycles. The van der Waals surface area contributed by atoms with Crippen LogP contribution in [0.4, 0.5) is 0 Å². The van der Waals surface area contributed by atoms with E-state index in [1.165, 1.54) is 12.1 Å². The van der Waals surface area contributed by atoms with Crippen molar-refractivity contribution in [2.75, 3.05) is 5.75 Å². The van der Waals surface area contributed by atoms with E-state index in [-0.39, 0.29) is 21.2 Å². The Morgan fingerprint density at radius 2 is 2.00 bits per heavy atom. The van der Waals surface area contributed by atoms with Crippen molar-refractivity contribution in [3.8, 4) is 0 Å². The fourth-order valence-electron chi connectivity index (χ4n) is 1.78. The first-order chi connectivity index (χ1) is 9.57. The minimum absolute atomic E-state index is 0.0239. The summed E-state index contributed by atoms with van der Waals surface area (Å²) in [7, 11) is -7.30. The predicted molar refractivity (Wildman–Crippen MR) is 77.0 cm³/mol. The van der Waals surface area contributed by atoms with Crippen LogP contribution in [0.3, 0.4) is 0 Å². The van der Waals surface area contributed by atoms with E-state index in [4.69, 9.17) is 16.7 Å². The molecule has 1 heterocycles. The van der Waals surface area contributed by atoms with Gasteiger partial charge in [0.2, 0.25) is 10.0 Å². The molecule has 1 aromatic rings. The van der Waals surface area contributed by atoms with Gasteiger partial charge in [0, 0.05) is 16.0 Å². The van der Waals surface area contributed by atoms with Gasteiger partial charge in [-0.05, 0) is 24.3 Å². The van der Waals surface area contributed by atoms with Crippen molar-refractivity contribution in [2.45, 2.75) is 10.9 Å². The van der Waals surface area contributed by atoms with Crippen LogP contribution in [0.2, 0.25) is 5.02 Å². The highest BCUT2D eigenvalue weighted by atomic mass is 35.5. The number of hydrogen-bond acceptors (Lipinski definition) is 5. The van der Waals surface area contributed by atoms with Gasteiger partial charge in [0.05, 0.1) is 16.7 Å². The normalized spacial score (nSPS) is 20.4. The third kappa shape index (κ3) is 4.03. The van der Waals surface area contributed by atoms with Crippen LogP contribution < -0.4 is 10.5 Å². The molecule has 10 heteroatoms. The molecule has 0 saturated carbocycles. The molecule has 0 spiro atoms. The van der Waals surface area contributed by atoms with Crippen molar-refractivity contribution in [3.63, 3.8) is 0 Å². The Labute approximate surface area is 126 Å². The van der Waals surface area contributed by atoms with Crippen LogP contribution in [0.5, 0.6) is 0 Å². The van der Waals surface area contributed by atoms with E-state index in [0.29, 0.717) is 0 Å². The number of halogens is 1. The molecule has 1 aliphatic rings. The molecular formula is C11H11ClN2O5S2. The number of sulfonamides is 1. The summed E-state index contributed by atoms with van der Waals surface area (Å²) >= 11 is 5.75. The van der Waals surface area contributed by atoms with E-state index in [1.54, 1.807) is 0 Å². The maximum atomic E-state index is 12.0. The fourth-order valence-corrected chi connectivity index (χ4v) is 3.89. The number of benzene rings is 1. The highest BCUT2D eigenvalue weighted by molar-refractivity contribution is 7.94. The zero-order valence-electron chi connectivity index (χ0n) is 10.5. The Balaban J connectivity index is 2.25. The second kappa shape index (κ2) is 5.41. The third-order valence-corrected chi connectivity index (χ3v) is 5.22. The number of rotatable bonds is 3. The summed E-state index contributed by atoms with van der Waals surface area (Å²) in [6, 6.07) is 2.79. The monoisotopic (exact) mass is 350 g/mol. The largest absolute Gasteiger partial charge is 0.345 e. The van der Waals surface area contributed by atoms with E-state index in [0.717, 1.165) is 17.5 Å². The number of amides is 1. The molecule has 2 rings (SSSR count). The zero-order chi connectivity index (χ0) is 15.8. The van der Waals surface area contributed by atoms with Gasteiger partial charge in [-0.2, -0.15) is 0 Å². The van der Waals surface area contributed by atoms with Gasteiger partial charge in [-0.25, -0.2) is 22.0 Å². The van der Waals surface area contributed by atoms with Gasteiger partial charge in [-0.3, -0.25) is 4.79 Å². The molecule has 0 fully saturated rings. The Bertz CT molecular complexity index is 830. The average Bonchev–Trinajstić information content (AvgIpc) is 2.66. The van der Waals surface area contributed by atoms with Crippen LogP contribution in [0.15, 0.2) is 34.6 Å². The first kappa shape index (κ1) is 16.0. The summed E-state index contributed by atoms with van der Waals surface area (Å²) in [4.78, 5) is 11.7. The lowest BCUT2D eigenvalue weighted by Crippen LogP contribution is -2.35. The van der Waals surface area contributed by atoms with Crippen LogP contribution >= 0.6 is 11.6 Å². The summed E-state index contributed by atoms with van der Waals surface area (Å²) in [5, 5.41) is 8.49. The van der Waals surface area contributed by atoms with E-state index in [9.17, 15) is 21.6 Å². The van der Waals surface area contributed by atoms with Crippen molar-refractivity contribution >= 4 is 37.4 Å². The Hall–Kier alpha value is -1.42. The van der Waals surface area contributed by atoms with Gasteiger partial charge in [-0.15, -0.1) is 0 Å². The SMILES string of the molecule is NS(=O)(=O)c1cc(Cl)cc(C(=O)NC2C=CS(=O)(=O)C2)c1. The number of nitrogens with one attached hydrogen (secondary N) is 1. The Morgan fingerprint density at radius 1 is 1.33 bits per heavy atom. The quantitative estimate of drug-likeness (QED) is 0.795. The van der Waals surface area contributed by atoms with Gasteiger partial charge in [0.1, 0.15) is 0 Å². The number of sulfone groups is 1. The maximum absolute atomic E-state index is 12.0. The molecule has 0 radical (unpaired) electrons. The molecule has 21 heavy (non-hydrogen) atoms. The molecule has 7 nitrogen and oxygen atoms in total. The van der Waals surface area contributed by atoms with Crippen LogP contribution in [0.1, 0.15) is 10.4 Å². The molecule has 1 atom stereocenters. The van der Waals surface area contributed by atoms with Crippen molar-refractivity contribution in [2.24, 2.45) is 5.14 Å². The molecule has 3 N–H and O–H groups in total. The van der Waals surface area contributed by atoms with Crippen LogP contribution in [0.25, 0.3) is 0 Å². The molecule has 0 saturated heterocycles. The molecular weight excluding hydrogens is 340 g/mol. The van der Waals surface area contributed by atoms with Crippen molar-refractivity contribution < 1.29 is 21.6 Å². The minimum atomic E-state index is -4.00. The number of carbonyl (C=O) groups is 1. The Kier molecular flexibility index (Phi) is 4.11. The van der Waals surface area contributed by atoms with Crippen molar-refractivity contribution in [3.05, 3.63) is 40.3 Å². The van der Waals surface area contributed by atoms with E-state index in [1.807, 2.05) is 0 Å². The van der Waals surface area contributed by atoms with Crippen molar-refractivity contribution in [1.29, 1.82) is 0 Å². The topological polar surface area (TPSA) is 123 Å². The second-order valence-electron chi connectivity index (χ2n) is 4.46. The van der Waals surface area contributed by atoms with E-state index < -0.39 is 31.8 Å². The average molecular weight is 351 g/mol. The molecule has 1 aliphatic heterocycles. The minimum Gasteiger partial charge on any atom is -0.345 e. The number of hydrogen-bond donors (Lipinski definition) is 2.